The highest BCUT2D eigenvalue weighted by Crippen LogP contribution is 2.19. The summed E-state index contributed by atoms with van der Waals surface area (Å²) in [7, 11) is 2.07. The monoisotopic (exact) mass is 329 g/mol. The van der Waals surface area contributed by atoms with Crippen molar-refractivity contribution in [2.75, 3.05) is 18.5 Å². The maximum atomic E-state index is 4.41. The molecule has 0 unspecified atom stereocenters. The van der Waals surface area contributed by atoms with Gasteiger partial charge < -0.3 is 9.88 Å². The van der Waals surface area contributed by atoms with Gasteiger partial charge in [-0.25, -0.2) is 4.98 Å². The Morgan fingerprint density at radius 2 is 2.05 bits per heavy atom. The minimum atomic E-state index is 0.941. The van der Waals surface area contributed by atoms with E-state index < -0.39 is 0 Å². The van der Waals surface area contributed by atoms with E-state index >= 15 is 0 Å². The molecule has 2 aromatic heterocycles. The van der Waals surface area contributed by atoms with Crippen LogP contribution in [-0.2, 0) is 6.42 Å². The molecule has 0 saturated carbocycles. The summed E-state index contributed by atoms with van der Waals surface area (Å²) in [5.41, 5.74) is 2.55. The number of hydrogen-bond donors (Lipinski definition) is 1. The first-order valence-corrected chi connectivity index (χ1v) is 7.41. The van der Waals surface area contributed by atoms with E-state index in [9.17, 15) is 0 Å². The van der Waals surface area contributed by atoms with Crippen molar-refractivity contribution in [3.63, 3.8) is 0 Å². The van der Waals surface area contributed by atoms with E-state index in [1.165, 1.54) is 16.5 Å². The molecular formula is C16H16BrN3. The Balaban J connectivity index is 1.71. The second-order valence-electron chi connectivity index (χ2n) is 4.87. The van der Waals surface area contributed by atoms with Crippen LogP contribution < -0.4 is 4.90 Å². The molecule has 1 N–H and O–H groups in total. The molecule has 4 heteroatoms. The van der Waals surface area contributed by atoms with Gasteiger partial charge in [0.25, 0.3) is 0 Å². The van der Waals surface area contributed by atoms with E-state index in [2.05, 4.69) is 68.3 Å². The Morgan fingerprint density at radius 1 is 1.20 bits per heavy atom. The summed E-state index contributed by atoms with van der Waals surface area (Å²) in [4.78, 5) is 9.91. The third kappa shape index (κ3) is 2.70. The first-order chi connectivity index (χ1) is 9.74. The highest BCUT2D eigenvalue weighted by atomic mass is 79.9. The molecule has 3 aromatic rings. The summed E-state index contributed by atoms with van der Waals surface area (Å²) in [6.45, 7) is 0.941. The lowest BCUT2D eigenvalue weighted by molar-refractivity contribution is 0.863. The summed E-state index contributed by atoms with van der Waals surface area (Å²) < 4.78 is 1.01. The molecule has 0 radical (unpaired) electrons. The van der Waals surface area contributed by atoms with Gasteiger partial charge in [0.1, 0.15) is 5.82 Å². The van der Waals surface area contributed by atoms with Crippen LogP contribution in [0.3, 0.4) is 0 Å². The second-order valence-corrected chi connectivity index (χ2v) is 5.78. The highest BCUT2D eigenvalue weighted by molar-refractivity contribution is 9.10. The molecule has 0 amide bonds. The van der Waals surface area contributed by atoms with Crippen LogP contribution in [0.4, 0.5) is 5.82 Å². The molecule has 20 heavy (non-hydrogen) atoms. The molecule has 0 aliphatic heterocycles. The number of nitrogens with zero attached hydrogens (tertiary/aromatic N) is 2. The van der Waals surface area contributed by atoms with Crippen LogP contribution in [0.2, 0.25) is 0 Å². The third-order valence-corrected chi connectivity index (χ3v) is 3.96. The topological polar surface area (TPSA) is 31.9 Å². The quantitative estimate of drug-likeness (QED) is 0.784. The lowest BCUT2D eigenvalue weighted by Crippen LogP contribution is -2.21. The van der Waals surface area contributed by atoms with Crippen molar-refractivity contribution in [1.82, 2.24) is 9.97 Å². The van der Waals surface area contributed by atoms with Crippen molar-refractivity contribution in [2.45, 2.75) is 6.42 Å². The zero-order chi connectivity index (χ0) is 13.9. The molecule has 0 atom stereocenters. The van der Waals surface area contributed by atoms with Gasteiger partial charge in [-0.3, -0.25) is 0 Å². The normalized spacial score (nSPS) is 10.9. The third-order valence-electron chi connectivity index (χ3n) is 3.49. The number of H-pyrrole nitrogens is 1. The Bertz CT molecular complexity index is 703. The van der Waals surface area contributed by atoms with Gasteiger partial charge in [-0.2, -0.15) is 0 Å². The number of anilines is 1. The molecule has 2 heterocycles. The standard InChI is InChI=1S/C16H16BrN3/c1-20(16-7-6-13(17)11-19-16)9-8-12-10-18-15-5-3-2-4-14(12)15/h2-7,10-11,18H,8-9H2,1H3. The SMILES string of the molecule is CN(CCc1c[nH]c2ccccc12)c1ccc(Br)cn1. The van der Waals surface area contributed by atoms with Crippen molar-refractivity contribution < 1.29 is 0 Å². The number of aromatic amines is 1. The number of pyridine rings is 1. The van der Waals surface area contributed by atoms with Gasteiger partial charge in [0.05, 0.1) is 0 Å². The number of nitrogens with one attached hydrogen (secondary N) is 1. The van der Waals surface area contributed by atoms with Crippen LogP contribution in [0.1, 0.15) is 5.56 Å². The molecule has 0 aliphatic rings. The summed E-state index contributed by atoms with van der Waals surface area (Å²) in [6, 6.07) is 12.5. The first kappa shape index (κ1) is 13.2. The summed E-state index contributed by atoms with van der Waals surface area (Å²) in [5.74, 6) is 0.994. The second kappa shape index (κ2) is 5.67. The summed E-state index contributed by atoms with van der Waals surface area (Å²) >= 11 is 3.41. The number of benzene rings is 1. The fourth-order valence-corrected chi connectivity index (χ4v) is 2.57. The number of hydrogen-bond acceptors (Lipinski definition) is 2. The predicted octanol–water partition coefficient (Wildman–Crippen LogP) is 4.00. The summed E-state index contributed by atoms with van der Waals surface area (Å²) in [5, 5.41) is 1.31. The van der Waals surface area contributed by atoms with E-state index in [1.54, 1.807) is 0 Å². The van der Waals surface area contributed by atoms with Crippen molar-refractivity contribution >= 4 is 32.7 Å². The predicted molar refractivity (Wildman–Crippen MR) is 87.2 cm³/mol. The molecule has 0 aliphatic carbocycles. The van der Waals surface area contributed by atoms with Gasteiger partial charge in [0.15, 0.2) is 0 Å². The lowest BCUT2D eigenvalue weighted by Gasteiger charge is -2.17. The Hall–Kier alpha value is -1.81. The Labute approximate surface area is 126 Å². The van der Waals surface area contributed by atoms with E-state index in [1.807, 2.05) is 18.3 Å². The van der Waals surface area contributed by atoms with E-state index in [0.717, 1.165) is 23.3 Å². The molecule has 0 bridgehead atoms. The van der Waals surface area contributed by atoms with E-state index in [-0.39, 0.29) is 0 Å². The lowest BCUT2D eigenvalue weighted by atomic mass is 10.1. The van der Waals surface area contributed by atoms with Crippen LogP contribution in [0.15, 0.2) is 53.3 Å². The Morgan fingerprint density at radius 3 is 2.85 bits per heavy atom. The summed E-state index contributed by atoms with van der Waals surface area (Å²) in [6.07, 6.45) is 4.93. The molecule has 3 rings (SSSR count). The largest absolute Gasteiger partial charge is 0.361 e. The number of likely N-dealkylation sites (N-methyl/N-ethyl adjacent to an activating group) is 1. The molecule has 3 nitrogen and oxygen atoms in total. The fourth-order valence-electron chi connectivity index (χ4n) is 2.33. The average molecular weight is 330 g/mol. The van der Waals surface area contributed by atoms with Gasteiger partial charge in [-0.05, 0) is 46.1 Å². The highest BCUT2D eigenvalue weighted by Gasteiger charge is 2.06. The van der Waals surface area contributed by atoms with Crippen molar-refractivity contribution in [2.24, 2.45) is 0 Å². The molecule has 1 aromatic carbocycles. The number of fused-ring (bicyclic) bond motifs is 1. The molecule has 0 spiro atoms. The van der Waals surface area contributed by atoms with Crippen LogP contribution in [0.5, 0.6) is 0 Å². The zero-order valence-electron chi connectivity index (χ0n) is 11.3. The number of para-hydroxylation sites is 1. The smallest absolute Gasteiger partial charge is 0.128 e. The molecular weight excluding hydrogens is 314 g/mol. The maximum absolute atomic E-state index is 4.41. The number of halogens is 1. The molecule has 0 fully saturated rings. The van der Waals surface area contributed by atoms with Crippen molar-refractivity contribution in [1.29, 1.82) is 0 Å². The van der Waals surface area contributed by atoms with Gasteiger partial charge >= 0.3 is 0 Å². The van der Waals surface area contributed by atoms with Crippen LogP contribution in [0, 0.1) is 0 Å². The Kier molecular flexibility index (Phi) is 3.74. The minimum absolute atomic E-state index is 0.941. The van der Waals surface area contributed by atoms with Gasteiger partial charge in [-0.15, -0.1) is 0 Å². The zero-order valence-corrected chi connectivity index (χ0v) is 12.9. The molecule has 0 saturated heterocycles. The maximum Gasteiger partial charge on any atom is 0.128 e. The minimum Gasteiger partial charge on any atom is -0.361 e. The van der Waals surface area contributed by atoms with Crippen molar-refractivity contribution in [3.05, 3.63) is 58.8 Å². The fraction of sp³-hybridized carbons (Fsp3) is 0.188. The first-order valence-electron chi connectivity index (χ1n) is 6.62. The van der Waals surface area contributed by atoms with Gasteiger partial charge in [0.2, 0.25) is 0 Å². The van der Waals surface area contributed by atoms with E-state index in [0.29, 0.717) is 0 Å². The number of aromatic nitrogens is 2. The number of rotatable bonds is 4. The van der Waals surface area contributed by atoms with Crippen LogP contribution in [-0.4, -0.2) is 23.6 Å². The van der Waals surface area contributed by atoms with Crippen LogP contribution >= 0.6 is 15.9 Å². The van der Waals surface area contributed by atoms with Gasteiger partial charge in [-0.1, -0.05) is 18.2 Å². The average Bonchev–Trinajstić information content (AvgIpc) is 2.89. The van der Waals surface area contributed by atoms with E-state index in [4.69, 9.17) is 0 Å². The van der Waals surface area contributed by atoms with Gasteiger partial charge in [0, 0.05) is 41.4 Å². The van der Waals surface area contributed by atoms with Crippen LogP contribution in [0.25, 0.3) is 10.9 Å². The molecule has 102 valence electrons. The van der Waals surface area contributed by atoms with Crippen molar-refractivity contribution in [3.8, 4) is 0 Å².